The zero-order valence-corrected chi connectivity index (χ0v) is 13.7. The molecule has 0 aliphatic heterocycles. The van der Waals surface area contributed by atoms with Gasteiger partial charge in [-0.3, -0.25) is 0 Å². The smallest absolute Gasteiger partial charge is 0.228 e. The molecule has 0 saturated heterocycles. The maximum Gasteiger partial charge on any atom is 0.228 e. The highest BCUT2D eigenvalue weighted by Gasteiger charge is 2.09. The van der Waals surface area contributed by atoms with Crippen molar-refractivity contribution in [3.63, 3.8) is 0 Å². The van der Waals surface area contributed by atoms with E-state index in [1.54, 1.807) is 12.1 Å². The average Bonchev–Trinajstić information content (AvgIpc) is 3.05. The molecular weight excluding hydrogens is 326 g/mol. The molecule has 0 radical (unpaired) electrons. The molecule has 1 aromatic carbocycles. The molecule has 0 spiro atoms. The molecule has 7 heteroatoms. The van der Waals surface area contributed by atoms with Crippen molar-refractivity contribution in [3.8, 4) is 17.5 Å². The van der Waals surface area contributed by atoms with Crippen LogP contribution in [0.1, 0.15) is 17.1 Å². The maximum absolute atomic E-state index is 8.99. The van der Waals surface area contributed by atoms with Crippen molar-refractivity contribution in [1.82, 2.24) is 15.1 Å². The van der Waals surface area contributed by atoms with E-state index in [-0.39, 0.29) is 0 Å². The number of aryl methyl sites for hydroxylation is 1. The van der Waals surface area contributed by atoms with Gasteiger partial charge in [-0.25, -0.2) is 4.98 Å². The number of benzene rings is 1. The molecule has 0 aliphatic rings. The molecule has 6 nitrogen and oxygen atoms in total. The summed E-state index contributed by atoms with van der Waals surface area (Å²) in [5, 5.41) is 16.7. The number of rotatable bonds is 5. The number of halogens is 1. The third kappa shape index (κ3) is 3.70. The summed E-state index contributed by atoms with van der Waals surface area (Å²) in [7, 11) is 0. The lowest BCUT2D eigenvalue weighted by Gasteiger charge is -2.04. The average molecular weight is 340 g/mol. The number of hydrogen-bond donors (Lipinski definition) is 1. The second-order valence-corrected chi connectivity index (χ2v) is 5.61. The summed E-state index contributed by atoms with van der Waals surface area (Å²) in [6.07, 6.45) is 0.547. The Kier molecular flexibility index (Phi) is 4.73. The Morgan fingerprint density at radius 2 is 2.12 bits per heavy atom. The van der Waals surface area contributed by atoms with Gasteiger partial charge in [0, 0.05) is 23.6 Å². The number of nitrogens with zero attached hydrogens (tertiary/aromatic N) is 4. The Morgan fingerprint density at radius 3 is 2.92 bits per heavy atom. The van der Waals surface area contributed by atoms with E-state index in [2.05, 4.69) is 26.5 Å². The SMILES string of the molecule is Cc1ccc(NCCc2nc(-c3cccc(Cl)c3)no2)nc1C#N. The molecule has 120 valence electrons. The van der Waals surface area contributed by atoms with Gasteiger partial charge in [-0.2, -0.15) is 10.2 Å². The van der Waals surface area contributed by atoms with Crippen molar-refractivity contribution in [2.24, 2.45) is 0 Å². The molecule has 2 aromatic heterocycles. The summed E-state index contributed by atoms with van der Waals surface area (Å²) in [6.45, 7) is 2.42. The first-order valence-corrected chi connectivity index (χ1v) is 7.73. The van der Waals surface area contributed by atoms with Crippen LogP contribution in [-0.2, 0) is 6.42 Å². The van der Waals surface area contributed by atoms with Crippen LogP contribution in [0.25, 0.3) is 11.4 Å². The van der Waals surface area contributed by atoms with Gasteiger partial charge in [0.05, 0.1) is 0 Å². The van der Waals surface area contributed by atoms with Gasteiger partial charge in [0.2, 0.25) is 11.7 Å². The lowest BCUT2D eigenvalue weighted by atomic mass is 10.2. The Morgan fingerprint density at radius 1 is 1.25 bits per heavy atom. The highest BCUT2D eigenvalue weighted by Crippen LogP contribution is 2.20. The highest BCUT2D eigenvalue weighted by molar-refractivity contribution is 6.30. The van der Waals surface area contributed by atoms with Gasteiger partial charge in [0.25, 0.3) is 0 Å². The number of anilines is 1. The summed E-state index contributed by atoms with van der Waals surface area (Å²) < 4.78 is 5.24. The Bertz CT molecular complexity index is 900. The largest absolute Gasteiger partial charge is 0.370 e. The molecule has 2 heterocycles. The molecule has 3 aromatic rings. The van der Waals surface area contributed by atoms with Crippen molar-refractivity contribution in [2.75, 3.05) is 11.9 Å². The van der Waals surface area contributed by atoms with E-state index < -0.39 is 0 Å². The Balaban J connectivity index is 1.61. The van der Waals surface area contributed by atoms with Gasteiger partial charge in [0.15, 0.2) is 0 Å². The Hall–Kier alpha value is -2.91. The van der Waals surface area contributed by atoms with Gasteiger partial charge in [-0.15, -0.1) is 0 Å². The molecule has 0 unspecified atom stereocenters. The van der Waals surface area contributed by atoms with Crippen LogP contribution in [0.15, 0.2) is 40.9 Å². The number of nitriles is 1. The molecule has 0 amide bonds. The molecular formula is C17H14ClN5O. The molecule has 0 bridgehead atoms. The van der Waals surface area contributed by atoms with E-state index in [9.17, 15) is 0 Å². The summed E-state index contributed by atoms with van der Waals surface area (Å²) in [6, 6.07) is 13.1. The van der Waals surface area contributed by atoms with E-state index in [1.807, 2.05) is 31.2 Å². The fourth-order valence-corrected chi connectivity index (χ4v) is 2.33. The van der Waals surface area contributed by atoms with Crippen LogP contribution in [0, 0.1) is 18.3 Å². The van der Waals surface area contributed by atoms with Crippen molar-refractivity contribution < 1.29 is 4.52 Å². The quantitative estimate of drug-likeness (QED) is 0.763. The van der Waals surface area contributed by atoms with E-state index >= 15 is 0 Å². The van der Waals surface area contributed by atoms with Crippen LogP contribution in [0.4, 0.5) is 5.82 Å². The minimum Gasteiger partial charge on any atom is -0.370 e. The Labute approximate surface area is 144 Å². The normalized spacial score (nSPS) is 10.4. The molecule has 0 aliphatic carbocycles. The van der Waals surface area contributed by atoms with Crippen LogP contribution in [0.3, 0.4) is 0 Å². The molecule has 0 atom stereocenters. The predicted molar refractivity (Wildman–Crippen MR) is 90.6 cm³/mol. The molecule has 0 fully saturated rings. The first kappa shape index (κ1) is 16.0. The minimum absolute atomic E-state index is 0.418. The molecule has 24 heavy (non-hydrogen) atoms. The van der Waals surface area contributed by atoms with Crippen molar-refractivity contribution >= 4 is 17.4 Å². The maximum atomic E-state index is 8.99. The number of aromatic nitrogens is 3. The van der Waals surface area contributed by atoms with Crippen LogP contribution in [0.5, 0.6) is 0 Å². The third-order valence-electron chi connectivity index (χ3n) is 3.40. The minimum atomic E-state index is 0.418. The molecule has 3 rings (SSSR count). The van der Waals surface area contributed by atoms with Crippen molar-refractivity contribution in [1.29, 1.82) is 5.26 Å². The van der Waals surface area contributed by atoms with Crippen LogP contribution in [-0.4, -0.2) is 21.7 Å². The van der Waals surface area contributed by atoms with Gasteiger partial charge in [-0.1, -0.05) is 35.0 Å². The third-order valence-corrected chi connectivity index (χ3v) is 3.63. The van der Waals surface area contributed by atoms with Crippen molar-refractivity contribution in [2.45, 2.75) is 13.3 Å². The number of pyridine rings is 1. The first-order valence-electron chi connectivity index (χ1n) is 7.36. The second kappa shape index (κ2) is 7.11. The fraction of sp³-hybridized carbons (Fsp3) is 0.176. The van der Waals surface area contributed by atoms with E-state index in [4.69, 9.17) is 21.4 Å². The zero-order chi connectivity index (χ0) is 16.9. The summed E-state index contributed by atoms with van der Waals surface area (Å²) in [4.78, 5) is 8.58. The second-order valence-electron chi connectivity index (χ2n) is 5.17. The van der Waals surface area contributed by atoms with E-state index in [0.29, 0.717) is 41.2 Å². The molecule has 1 N–H and O–H groups in total. The van der Waals surface area contributed by atoms with Crippen molar-refractivity contribution in [3.05, 3.63) is 58.6 Å². The van der Waals surface area contributed by atoms with E-state index in [0.717, 1.165) is 11.1 Å². The number of hydrogen-bond acceptors (Lipinski definition) is 6. The predicted octanol–water partition coefficient (Wildman–Crippen LogP) is 3.62. The molecule has 0 saturated carbocycles. The summed E-state index contributed by atoms with van der Waals surface area (Å²) in [5.41, 5.74) is 2.08. The lowest BCUT2D eigenvalue weighted by Crippen LogP contribution is -2.07. The lowest BCUT2D eigenvalue weighted by molar-refractivity contribution is 0.381. The van der Waals surface area contributed by atoms with Gasteiger partial charge in [-0.05, 0) is 30.7 Å². The van der Waals surface area contributed by atoms with Crippen LogP contribution >= 0.6 is 11.6 Å². The summed E-state index contributed by atoms with van der Waals surface area (Å²) >= 11 is 5.96. The fourth-order valence-electron chi connectivity index (χ4n) is 2.14. The monoisotopic (exact) mass is 339 g/mol. The highest BCUT2D eigenvalue weighted by atomic mass is 35.5. The van der Waals surface area contributed by atoms with Crippen LogP contribution < -0.4 is 5.32 Å². The first-order chi connectivity index (χ1) is 11.7. The van der Waals surface area contributed by atoms with Gasteiger partial charge in [0.1, 0.15) is 17.6 Å². The van der Waals surface area contributed by atoms with Gasteiger partial charge >= 0.3 is 0 Å². The summed E-state index contributed by atoms with van der Waals surface area (Å²) in [5.74, 6) is 1.67. The van der Waals surface area contributed by atoms with Gasteiger partial charge < -0.3 is 9.84 Å². The van der Waals surface area contributed by atoms with Crippen LogP contribution in [0.2, 0.25) is 5.02 Å². The van der Waals surface area contributed by atoms with E-state index in [1.165, 1.54) is 0 Å². The number of nitrogens with one attached hydrogen (secondary N) is 1. The zero-order valence-electron chi connectivity index (χ0n) is 13.0. The topological polar surface area (TPSA) is 87.6 Å². The standard InChI is InChI=1S/C17H14ClN5O/c1-11-5-6-15(21-14(11)10-19)20-8-7-16-22-17(23-24-16)12-3-2-4-13(18)9-12/h2-6,9H,7-8H2,1H3,(H,20,21).